The maximum Gasteiger partial charge on any atom is 0.255 e. The molecule has 0 bridgehead atoms. The molecule has 0 saturated carbocycles. The van der Waals surface area contributed by atoms with Crippen molar-refractivity contribution in [2.45, 2.75) is 12.8 Å². The summed E-state index contributed by atoms with van der Waals surface area (Å²) < 4.78 is 25.2. The minimum atomic E-state index is -3.30. The molecule has 0 spiro atoms. The van der Waals surface area contributed by atoms with Gasteiger partial charge in [-0.15, -0.1) is 0 Å². The van der Waals surface area contributed by atoms with E-state index < -0.39 is 10.0 Å². The van der Waals surface area contributed by atoms with Gasteiger partial charge in [0.25, 0.3) is 5.91 Å². The van der Waals surface area contributed by atoms with Crippen molar-refractivity contribution in [3.05, 3.63) is 95.1 Å². The van der Waals surface area contributed by atoms with Crippen LogP contribution in [-0.2, 0) is 22.9 Å². The van der Waals surface area contributed by atoms with Gasteiger partial charge >= 0.3 is 0 Å². The molecule has 3 aromatic rings. The van der Waals surface area contributed by atoms with E-state index in [1.54, 1.807) is 18.2 Å². The van der Waals surface area contributed by atoms with Gasteiger partial charge in [-0.2, -0.15) is 0 Å². The summed E-state index contributed by atoms with van der Waals surface area (Å²) in [5, 5.41) is 3.01. The number of fused-ring (bicyclic) bond motifs is 1. The molecule has 1 amide bonds. The molecule has 0 saturated heterocycles. The molecule has 3 aromatic carbocycles. The summed E-state index contributed by atoms with van der Waals surface area (Å²) in [7, 11) is -3.30. The summed E-state index contributed by atoms with van der Waals surface area (Å²) in [4.78, 5) is 12.9. The number of anilines is 2. The SMILES string of the molecule is CS(=O)(=O)N1CCc2cc(C(=O)Nc3ccccc3Cc3ccccc3)ccc21. The topological polar surface area (TPSA) is 66.5 Å². The van der Waals surface area contributed by atoms with Crippen LogP contribution in [-0.4, -0.2) is 27.1 Å². The van der Waals surface area contributed by atoms with Crippen molar-refractivity contribution in [2.75, 3.05) is 22.4 Å². The maximum atomic E-state index is 12.9. The lowest BCUT2D eigenvalue weighted by molar-refractivity contribution is 0.102. The molecule has 0 fully saturated rings. The van der Waals surface area contributed by atoms with Crippen molar-refractivity contribution in [1.82, 2.24) is 0 Å². The van der Waals surface area contributed by atoms with Crippen LogP contribution in [0.2, 0.25) is 0 Å². The Hall–Kier alpha value is -3.12. The number of hydrogen-bond acceptors (Lipinski definition) is 3. The normalized spacial score (nSPS) is 13.2. The lowest BCUT2D eigenvalue weighted by Crippen LogP contribution is -2.27. The van der Waals surface area contributed by atoms with Gasteiger partial charge in [0.15, 0.2) is 0 Å². The van der Waals surface area contributed by atoms with Gasteiger partial charge in [-0.05, 0) is 53.8 Å². The number of para-hydroxylation sites is 1. The van der Waals surface area contributed by atoms with E-state index in [1.807, 2.05) is 42.5 Å². The predicted octanol–water partition coefficient (Wildman–Crippen LogP) is 3.85. The molecule has 0 atom stereocenters. The lowest BCUT2D eigenvalue weighted by Gasteiger charge is -2.16. The Balaban J connectivity index is 1.55. The van der Waals surface area contributed by atoms with Crippen LogP contribution in [0.15, 0.2) is 72.8 Å². The van der Waals surface area contributed by atoms with Gasteiger partial charge in [-0.1, -0.05) is 48.5 Å². The van der Waals surface area contributed by atoms with Crippen LogP contribution in [0.4, 0.5) is 11.4 Å². The highest BCUT2D eigenvalue weighted by molar-refractivity contribution is 7.92. The second kappa shape index (κ2) is 7.72. The fraction of sp³-hybridized carbons (Fsp3) is 0.174. The average Bonchev–Trinajstić information content (AvgIpc) is 3.14. The number of carbonyl (C=O) groups excluding carboxylic acids is 1. The van der Waals surface area contributed by atoms with E-state index >= 15 is 0 Å². The molecule has 1 N–H and O–H groups in total. The van der Waals surface area contributed by atoms with Crippen molar-refractivity contribution in [3.8, 4) is 0 Å². The Morgan fingerprint density at radius 2 is 1.72 bits per heavy atom. The highest BCUT2D eigenvalue weighted by Crippen LogP contribution is 2.31. The molecule has 1 aliphatic rings. The molecule has 1 heterocycles. The van der Waals surface area contributed by atoms with Crippen molar-refractivity contribution >= 4 is 27.3 Å². The molecule has 0 aromatic heterocycles. The van der Waals surface area contributed by atoms with Gasteiger partial charge in [-0.25, -0.2) is 8.42 Å². The molecular formula is C23H22N2O3S. The van der Waals surface area contributed by atoms with E-state index in [9.17, 15) is 13.2 Å². The van der Waals surface area contributed by atoms with E-state index in [2.05, 4.69) is 17.4 Å². The summed E-state index contributed by atoms with van der Waals surface area (Å²) in [6.07, 6.45) is 2.53. The van der Waals surface area contributed by atoms with Crippen molar-refractivity contribution in [1.29, 1.82) is 0 Å². The van der Waals surface area contributed by atoms with Crippen molar-refractivity contribution in [2.24, 2.45) is 0 Å². The highest BCUT2D eigenvalue weighted by Gasteiger charge is 2.26. The molecule has 1 aliphatic heterocycles. The van der Waals surface area contributed by atoms with Gasteiger partial charge in [-0.3, -0.25) is 9.10 Å². The Labute approximate surface area is 171 Å². The molecule has 5 nitrogen and oxygen atoms in total. The second-order valence-electron chi connectivity index (χ2n) is 7.20. The number of sulfonamides is 1. The average molecular weight is 407 g/mol. The number of amides is 1. The number of nitrogens with zero attached hydrogens (tertiary/aromatic N) is 1. The second-order valence-corrected chi connectivity index (χ2v) is 9.11. The minimum absolute atomic E-state index is 0.203. The van der Waals surface area contributed by atoms with Crippen LogP contribution in [0.25, 0.3) is 0 Å². The summed E-state index contributed by atoms with van der Waals surface area (Å²) in [5.74, 6) is -0.203. The van der Waals surface area contributed by atoms with E-state index in [0.29, 0.717) is 24.2 Å². The van der Waals surface area contributed by atoms with Gasteiger partial charge in [0.1, 0.15) is 0 Å². The first-order valence-corrected chi connectivity index (χ1v) is 11.3. The monoisotopic (exact) mass is 406 g/mol. The third kappa shape index (κ3) is 4.17. The van der Waals surface area contributed by atoms with Crippen LogP contribution in [0.5, 0.6) is 0 Å². The van der Waals surface area contributed by atoms with E-state index in [0.717, 1.165) is 23.2 Å². The molecule has 0 radical (unpaired) electrons. The summed E-state index contributed by atoms with van der Waals surface area (Å²) in [5.41, 5.74) is 5.05. The van der Waals surface area contributed by atoms with E-state index in [1.165, 1.54) is 16.1 Å². The predicted molar refractivity (Wildman–Crippen MR) is 116 cm³/mol. The van der Waals surface area contributed by atoms with Gasteiger partial charge in [0.2, 0.25) is 10.0 Å². The summed E-state index contributed by atoms with van der Waals surface area (Å²) >= 11 is 0. The first kappa shape index (κ1) is 19.2. The minimum Gasteiger partial charge on any atom is -0.322 e. The summed E-state index contributed by atoms with van der Waals surface area (Å²) in [6, 6.07) is 23.1. The van der Waals surface area contributed by atoms with Gasteiger partial charge < -0.3 is 5.32 Å². The Morgan fingerprint density at radius 1 is 1.00 bits per heavy atom. The molecule has 4 rings (SSSR count). The molecule has 0 aliphatic carbocycles. The maximum absolute atomic E-state index is 12.9. The number of rotatable bonds is 5. The van der Waals surface area contributed by atoms with Crippen LogP contribution in [0, 0.1) is 0 Å². The van der Waals surface area contributed by atoms with E-state index in [4.69, 9.17) is 0 Å². The van der Waals surface area contributed by atoms with Crippen LogP contribution < -0.4 is 9.62 Å². The zero-order chi connectivity index (χ0) is 20.4. The third-order valence-corrected chi connectivity index (χ3v) is 6.28. The van der Waals surface area contributed by atoms with Gasteiger partial charge in [0, 0.05) is 17.8 Å². The fourth-order valence-electron chi connectivity index (χ4n) is 3.66. The quantitative estimate of drug-likeness (QED) is 0.700. The molecule has 6 heteroatoms. The van der Waals surface area contributed by atoms with Gasteiger partial charge in [0.05, 0.1) is 11.9 Å². The Bertz CT molecular complexity index is 1160. The standard InChI is InChI=1S/C23H22N2O3S/c1-29(27,28)25-14-13-19-16-20(11-12-22(19)25)23(26)24-21-10-6-5-9-18(21)15-17-7-3-2-4-8-17/h2-12,16H,13-15H2,1H3,(H,24,26). The first-order chi connectivity index (χ1) is 13.9. The Kier molecular flexibility index (Phi) is 5.11. The van der Waals surface area contributed by atoms with Crippen molar-refractivity contribution in [3.63, 3.8) is 0 Å². The molecule has 0 unspecified atom stereocenters. The zero-order valence-corrected chi connectivity index (χ0v) is 16.9. The highest BCUT2D eigenvalue weighted by atomic mass is 32.2. The number of benzene rings is 3. The number of nitrogens with one attached hydrogen (secondary N) is 1. The lowest BCUT2D eigenvalue weighted by atomic mass is 10.0. The van der Waals surface area contributed by atoms with Crippen LogP contribution in [0.3, 0.4) is 0 Å². The smallest absolute Gasteiger partial charge is 0.255 e. The van der Waals surface area contributed by atoms with Crippen LogP contribution >= 0.6 is 0 Å². The summed E-state index contributed by atoms with van der Waals surface area (Å²) in [6.45, 7) is 0.416. The van der Waals surface area contributed by atoms with E-state index in [-0.39, 0.29) is 5.91 Å². The fourth-order valence-corrected chi connectivity index (χ4v) is 4.62. The van der Waals surface area contributed by atoms with Crippen LogP contribution in [0.1, 0.15) is 27.0 Å². The molecule has 148 valence electrons. The molecule has 29 heavy (non-hydrogen) atoms. The zero-order valence-electron chi connectivity index (χ0n) is 16.1. The number of carbonyl (C=O) groups is 1. The molecular weight excluding hydrogens is 384 g/mol. The number of hydrogen-bond donors (Lipinski definition) is 1. The third-order valence-electron chi connectivity index (χ3n) is 5.10. The largest absolute Gasteiger partial charge is 0.322 e. The van der Waals surface area contributed by atoms with Crippen molar-refractivity contribution < 1.29 is 13.2 Å². The first-order valence-electron chi connectivity index (χ1n) is 9.45. The Morgan fingerprint density at radius 3 is 2.48 bits per heavy atom.